The Labute approximate surface area is 152 Å². The number of urea groups is 1. The van der Waals surface area contributed by atoms with Gasteiger partial charge >= 0.3 is 6.03 Å². The van der Waals surface area contributed by atoms with Crippen LogP contribution in [0.4, 0.5) is 10.6 Å². The first-order valence-corrected chi connectivity index (χ1v) is 8.69. The van der Waals surface area contributed by atoms with Crippen molar-refractivity contribution in [1.82, 2.24) is 15.3 Å². The van der Waals surface area contributed by atoms with Gasteiger partial charge in [0.05, 0.1) is 6.54 Å². The quantitative estimate of drug-likeness (QED) is 0.858. The number of carbonyl (C=O) groups excluding carboxylic acids is 2. The van der Waals surface area contributed by atoms with E-state index in [4.69, 9.17) is 5.73 Å². The molecule has 0 saturated carbocycles. The molecule has 136 valence electrons. The van der Waals surface area contributed by atoms with Crippen molar-refractivity contribution >= 4 is 17.6 Å². The van der Waals surface area contributed by atoms with Crippen molar-refractivity contribution in [2.24, 2.45) is 5.73 Å². The molecule has 3 heterocycles. The van der Waals surface area contributed by atoms with Gasteiger partial charge in [-0.05, 0) is 49.9 Å². The van der Waals surface area contributed by atoms with E-state index in [9.17, 15) is 9.59 Å². The fourth-order valence-electron chi connectivity index (χ4n) is 3.10. The van der Waals surface area contributed by atoms with E-state index in [1.165, 1.54) is 4.90 Å². The Hall–Kier alpha value is -2.80. The highest BCUT2D eigenvalue weighted by molar-refractivity contribution is 5.91. The number of Topliss-reactive ketones (excluding diaryl/α,β-unsaturated/α-hetero) is 1. The minimum atomic E-state index is -0.472. The Balaban J connectivity index is 1.87. The van der Waals surface area contributed by atoms with Crippen LogP contribution in [-0.4, -0.2) is 34.9 Å². The average Bonchev–Trinajstić information content (AvgIpc) is 2.65. The molecule has 2 amide bonds. The van der Waals surface area contributed by atoms with Crippen LogP contribution in [0.3, 0.4) is 0 Å². The molecule has 7 nitrogen and oxygen atoms in total. The normalized spacial score (nSPS) is 14.6. The van der Waals surface area contributed by atoms with Gasteiger partial charge in [0.15, 0.2) is 0 Å². The number of primary amides is 1. The van der Waals surface area contributed by atoms with Gasteiger partial charge in [0.2, 0.25) is 0 Å². The summed E-state index contributed by atoms with van der Waals surface area (Å²) in [7, 11) is 0. The third-order valence-electron chi connectivity index (χ3n) is 4.54. The zero-order valence-corrected chi connectivity index (χ0v) is 15.0. The van der Waals surface area contributed by atoms with Crippen LogP contribution >= 0.6 is 0 Å². The second kappa shape index (κ2) is 7.61. The van der Waals surface area contributed by atoms with Crippen molar-refractivity contribution in [3.63, 3.8) is 0 Å². The molecule has 3 N–H and O–H groups in total. The monoisotopic (exact) mass is 353 g/mol. The highest BCUT2D eigenvalue weighted by atomic mass is 16.2. The molecule has 0 spiro atoms. The van der Waals surface area contributed by atoms with Gasteiger partial charge in [0.1, 0.15) is 11.6 Å². The number of fused-ring (bicyclic) bond motifs is 1. The molecule has 2 aromatic heterocycles. The van der Waals surface area contributed by atoms with Crippen molar-refractivity contribution in [3.05, 3.63) is 41.9 Å². The zero-order chi connectivity index (χ0) is 18.7. The number of nitrogens with one attached hydrogen (secondary N) is 1. The lowest BCUT2D eigenvalue weighted by molar-refractivity contribution is -0.116. The summed E-state index contributed by atoms with van der Waals surface area (Å²) in [5.41, 5.74) is 9.35. The molecular weight excluding hydrogens is 330 g/mol. The summed E-state index contributed by atoms with van der Waals surface area (Å²) in [6, 6.07) is 3.64. The van der Waals surface area contributed by atoms with Crippen molar-refractivity contribution < 1.29 is 9.59 Å². The van der Waals surface area contributed by atoms with Crippen molar-refractivity contribution in [3.8, 4) is 11.1 Å². The first-order chi connectivity index (χ1) is 12.5. The summed E-state index contributed by atoms with van der Waals surface area (Å²) in [5.74, 6) is 0.743. The predicted molar refractivity (Wildman–Crippen MR) is 99.8 cm³/mol. The largest absolute Gasteiger partial charge is 0.351 e. The van der Waals surface area contributed by atoms with Gasteiger partial charge in [-0.1, -0.05) is 0 Å². The van der Waals surface area contributed by atoms with Gasteiger partial charge in [-0.2, -0.15) is 0 Å². The lowest BCUT2D eigenvalue weighted by Gasteiger charge is -2.27. The molecule has 0 aliphatic carbocycles. The van der Waals surface area contributed by atoms with Gasteiger partial charge in [-0.3, -0.25) is 14.7 Å². The van der Waals surface area contributed by atoms with Crippen LogP contribution in [0.5, 0.6) is 0 Å². The van der Waals surface area contributed by atoms with Crippen LogP contribution in [0.25, 0.3) is 11.1 Å². The summed E-state index contributed by atoms with van der Waals surface area (Å²) >= 11 is 0. The molecule has 0 saturated heterocycles. The van der Waals surface area contributed by atoms with Crippen LogP contribution < -0.4 is 16.0 Å². The summed E-state index contributed by atoms with van der Waals surface area (Å²) < 4.78 is 0. The smallest absolute Gasteiger partial charge is 0.320 e. The Morgan fingerprint density at radius 1 is 1.27 bits per heavy atom. The molecule has 0 aromatic carbocycles. The van der Waals surface area contributed by atoms with Gasteiger partial charge in [0, 0.05) is 42.3 Å². The Bertz CT molecular complexity index is 836. The first-order valence-electron chi connectivity index (χ1n) is 8.69. The molecule has 0 bridgehead atoms. The first kappa shape index (κ1) is 18.0. The molecule has 2 aromatic rings. The van der Waals surface area contributed by atoms with Crippen LogP contribution in [0.2, 0.25) is 0 Å². The molecule has 1 atom stereocenters. The third-order valence-corrected chi connectivity index (χ3v) is 4.54. The maximum atomic E-state index is 11.6. The molecule has 0 radical (unpaired) electrons. The summed E-state index contributed by atoms with van der Waals surface area (Å²) in [5, 5.41) is 3.18. The molecule has 0 fully saturated rings. The standard InChI is InChI=1S/C19H23N5O2/c1-12(25)8-22-13(2)15-7-16(10-21-9-15)17-6-14-4-3-5-24(19(20)26)18(14)23-11-17/h6-7,9-11,13,22H,3-5,8H2,1-2H3,(H2,20,26)/t13-/m1/s1. The van der Waals surface area contributed by atoms with Crippen molar-refractivity contribution in [2.75, 3.05) is 18.0 Å². The SMILES string of the molecule is CC(=O)CN[C@H](C)c1cncc(-c2cnc3c(c2)CCCN3C(N)=O)c1. The average molecular weight is 353 g/mol. The number of carbonyl (C=O) groups is 2. The molecule has 1 aliphatic rings. The highest BCUT2D eigenvalue weighted by Gasteiger charge is 2.22. The number of anilines is 1. The molecule has 0 unspecified atom stereocenters. The number of hydrogen-bond acceptors (Lipinski definition) is 5. The van der Waals surface area contributed by atoms with E-state index in [0.29, 0.717) is 18.9 Å². The van der Waals surface area contributed by atoms with E-state index >= 15 is 0 Å². The van der Waals surface area contributed by atoms with E-state index in [1.807, 2.05) is 19.1 Å². The van der Waals surface area contributed by atoms with E-state index in [-0.39, 0.29) is 11.8 Å². The predicted octanol–water partition coefficient (Wildman–Crippen LogP) is 2.21. The highest BCUT2D eigenvalue weighted by Crippen LogP contribution is 2.29. The zero-order valence-electron chi connectivity index (χ0n) is 15.0. The van der Waals surface area contributed by atoms with Gasteiger partial charge in [-0.15, -0.1) is 0 Å². The molecule has 26 heavy (non-hydrogen) atoms. The maximum Gasteiger partial charge on any atom is 0.320 e. The lowest BCUT2D eigenvalue weighted by Crippen LogP contribution is -2.40. The number of nitrogens with two attached hydrogens (primary N) is 1. The fourth-order valence-corrected chi connectivity index (χ4v) is 3.10. The minimum Gasteiger partial charge on any atom is -0.351 e. The van der Waals surface area contributed by atoms with E-state index < -0.39 is 6.03 Å². The summed E-state index contributed by atoms with van der Waals surface area (Å²) in [6.07, 6.45) is 7.06. The second-order valence-corrected chi connectivity index (χ2v) is 6.61. The maximum absolute atomic E-state index is 11.6. The van der Waals surface area contributed by atoms with E-state index in [0.717, 1.165) is 35.1 Å². The van der Waals surface area contributed by atoms with E-state index in [1.54, 1.807) is 25.5 Å². The Kier molecular flexibility index (Phi) is 5.27. The van der Waals surface area contributed by atoms with Crippen LogP contribution in [-0.2, 0) is 11.2 Å². The third kappa shape index (κ3) is 3.88. The minimum absolute atomic E-state index is 0.0160. The van der Waals surface area contributed by atoms with Crippen LogP contribution in [0, 0.1) is 0 Å². The fraction of sp³-hybridized carbons (Fsp3) is 0.368. The number of aromatic nitrogens is 2. The van der Waals surface area contributed by atoms with Crippen molar-refractivity contribution in [2.45, 2.75) is 32.7 Å². The topological polar surface area (TPSA) is 101 Å². The molecule has 3 rings (SSSR count). The number of nitrogens with zero attached hydrogens (tertiary/aromatic N) is 3. The number of ketones is 1. The number of rotatable bonds is 5. The van der Waals surface area contributed by atoms with Gasteiger partial charge in [0.25, 0.3) is 0 Å². The van der Waals surface area contributed by atoms with Gasteiger partial charge in [-0.25, -0.2) is 9.78 Å². The number of aryl methyl sites for hydroxylation is 1. The Morgan fingerprint density at radius 2 is 2.04 bits per heavy atom. The molecule has 1 aliphatic heterocycles. The van der Waals surface area contributed by atoms with Crippen LogP contribution in [0.15, 0.2) is 30.7 Å². The molecule has 7 heteroatoms. The van der Waals surface area contributed by atoms with E-state index in [2.05, 4.69) is 15.3 Å². The number of pyridine rings is 2. The summed E-state index contributed by atoms with van der Waals surface area (Å²) in [4.78, 5) is 33.0. The van der Waals surface area contributed by atoms with Crippen LogP contribution in [0.1, 0.15) is 37.4 Å². The molecular formula is C19H23N5O2. The lowest BCUT2D eigenvalue weighted by atomic mass is 9.99. The summed E-state index contributed by atoms with van der Waals surface area (Å²) in [6.45, 7) is 4.49. The number of hydrogen-bond donors (Lipinski definition) is 2. The Morgan fingerprint density at radius 3 is 2.77 bits per heavy atom. The van der Waals surface area contributed by atoms with Crippen molar-refractivity contribution in [1.29, 1.82) is 0 Å². The van der Waals surface area contributed by atoms with Gasteiger partial charge < -0.3 is 11.1 Å². The second-order valence-electron chi connectivity index (χ2n) is 6.61. The number of amides is 2.